The largest absolute Gasteiger partial charge is 0.320 e. The molecule has 0 aliphatic carbocycles. The molecule has 118 valence electrons. The van der Waals surface area contributed by atoms with Gasteiger partial charge in [-0.1, -0.05) is 48.7 Å². The minimum Gasteiger partial charge on any atom is -0.320 e. The molecule has 0 saturated carbocycles. The van der Waals surface area contributed by atoms with Crippen molar-refractivity contribution in [2.45, 2.75) is 32.4 Å². The zero-order valence-electron chi connectivity index (χ0n) is 12.2. The summed E-state index contributed by atoms with van der Waals surface area (Å²) < 4.78 is 1.65. The van der Waals surface area contributed by atoms with E-state index in [0.717, 1.165) is 12.0 Å². The van der Waals surface area contributed by atoms with Gasteiger partial charge in [-0.25, -0.2) is 4.68 Å². The van der Waals surface area contributed by atoms with Gasteiger partial charge < -0.3 is 11.1 Å². The Morgan fingerprint density at radius 3 is 2.91 bits per heavy atom. The number of hydrogen-bond donors (Lipinski definition) is 2. The Morgan fingerprint density at radius 1 is 1.41 bits per heavy atom. The lowest BCUT2D eigenvalue weighted by Gasteiger charge is -2.13. The van der Waals surface area contributed by atoms with Crippen molar-refractivity contribution in [3.05, 3.63) is 46.1 Å². The molecule has 5 nitrogen and oxygen atoms in total. The first-order chi connectivity index (χ1) is 10.5. The summed E-state index contributed by atoms with van der Waals surface area (Å²) in [6.07, 6.45) is 3.10. The van der Waals surface area contributed by atoms with Gasteiger partial charge in [-0.15, -0.1) is 0 Å². The second-order valence-electron chi connectivity index (χ2n) is 4.97. The van der Waals surface area contributed by atoms with Crippen LogP contribution in [0.15, 0.2) is 30.5 Å². The third kappa shape index (κ3) is 4.00. The third-order valence-corrected chi connectivity index (χ3v) is 4.11. The van der Waals surface area contributed by atoms with Crippen LogP contribution >= 0.6 is 23.2 Å². The maximum atomic E-state index is 12.0. The lowest BCUT2D eigenvalue weighted by atomic mass is 10.2. The number of nitrogens with zero attached hydrogens (tertiary/aromatic N) is 2. The number of halogens is 2. The Bertz CT molecular complexity index is 657. The summed E-state index contributed by atoms with van der Waals surface area (Å²) in [7, 11) is 0. The molecule has 1 aromatic heterocycles. The predicted octanol–water partition coefficient (Wildman–Crippen LogP) is 3.30. The molecule has 0 aliphatic rings. The Balaban J connectivity index is 2.13. The summed E-state index contributed by atoms with van der Waals surface area (Å²) in [4.78, 5) is 12.0. The molecule has 0 fully saturated rings. The van der Waals surface area contributed by atoms with Gasteiger partial charge in [-0.3, -0.25) is 4.79 Å². The molecular formula is C15H18Cl2N4O. The molecule has 1 heterocycles. The molecule has 1 aromatic carbocycles. The highest BCUT2D eigenvalue weighted by Crippen LogP contribution is 2.26. The van der Waals surface area contributed by atoms with Gasteiger partial charge in [0.2, 0.25) is 5.91 Å². The molecule has 7 heteroatoms. The first-order valence-electron chi connectivity index (χ1n) is 7.04. The quantitative estimate of drug-likeness (QED) is 0.847. The number of amides is 1. The molecule has 0 bridgehead atoms. The number of nitrogens with two attached hydrogens (primary N) is 1. The molecule has 0 saturated heterocycles. The Kier molecular flexibility index (Phi) is 5.83. The van der Waals surface area contributed by atoms with Crippen LogP contribution in [0, 0.1) is 0 Å². The number of benzene rings is 1. The van der Waals surface area contributed by atoms with Crippen LogP contribution in [0.5, 0.6) is 0 Å². The molecule has 3 N–H and O–H groups in total. The number of carbonyl (C=O) groups is 1. The average Bonchev–Trinajstić information content (AvgIpc) is 2.91. The fourth-order valence-corrected chi connectivity index (χ4v) is 2.44. The number of nitrogens with one attached hydrogen (secondary N) is 1. The van der Waals surface area contributed by atoms with Crippen molar-refractivity contribution in [2.24, 2.45) is 5.73 Å². The van der Waals surface area contributed by atoms with E-state index in [2.05, 4.69) is 10.4 Å². The first-order valence-corrected chi connectivity index (χ1v) is 7.79. The number of rotatable bonds is 6. The molecule has 22 heavy (non-hydrogen) atoms. The summed E-state index contributed by atoms with van der Waals surface area (Å²) in [5, 5.41) is 7.96. The smallest absolute Gasteiger partial charge is 0.242 e. The maximum Gasteiger partial charge on any atom is 0.242 e. The normalized spacial score (nSPS) is 12.2. The summed E-state index contributed by atoms with van der Waals surface area (Å²) >= 11 is 12.2. The van der Waals surface area contributed by atoms with E-state index in [-0.39, 0.29) is 5.91 Å². The highest BCUT2D eigenvalue weighted by molar-refractivity contribution is 6.42. The Hall–Kier alpha value is -1.56. The van der Waals surface area contributed by atoms with Gasteiger partial charge in [0.25, 0.3) is 0 Å². The minimum absolute atomic E-state index is 0.221. The molecule has 0 radical (unpaired) electrons. The van der Waals surface area contributed by atoms with E-state index in [4.69, 9.17) is 28.9 Å². The molecule has 2 aromatic rings. The van der Waals surface area contributed by atoms with E-state index in [1.165, 1.54) is 0 Å². The van der Waals surface area contributed by atoms with Crippen LogP contribution in [-0.2, 0) is 11.3 Å². The van der Waals surface area contributed by atoms with Gasteiger partial charge in [-0.2, -0.15) is 5.10 Å². The van der Waals surface area contributed by atoms with E-state index in [1.807, 2.05) is 19.1 Å². The second-order valence-corrected chi connectivity index (χ2v) is 5.76. The molecule has 1 atom stereocenters. The van der Waals surface area contributed by atoms with Crippen LogP contribution in [-0.4, -0.2) is 21.7 Å². The Morgan fingerprint density at radius 2 is 2.18 bits per heavy atom. The summed E-state index contributed by atoms with van der Waals surface area (Å²) in [6.45, 7) is 2.39. The maximum absolute atomic E-state index is 12.0. The second kappa shape index (κ2) is 7.63. The number of hydrogen-bond acceptors (Lipinski definition) is 3. The van der Waals surface area contributed by atoms with Crippen molar-refractivity contribution in [3.63, 3.8) is 0 Å². The van der Waals surface area contributed by atoms with Gasteiger partial charge in [0, 0.05) is 6.07 Å². The van der Waals surface area contributed by atoms with Crippen LogP contribution < -0.4 is 11.1 Å². The molecule has 2 rings (SSSR count). The van der Waals surface area contributed by atoms with Gasteiger partial charge in [0.05, 0.1) is 28.8 Å². The number of anilines is 1. The van der Waals surface area contributed by atoms with Crippen molar-refractivity contribution < 1.29 is 4.79 Å². The summed E-state index contributed by atoms with van der Waals surface area (Å²) in [5.41, 5.74) is 6.64. The standard InChI is InChI=1S/C15H18Cl2N4O/c1-2-4-12(18)15(22)20-13-7-8-19-21(13)9-10-5-3-6-11(16)14(10)17/h3,5-8,12H,2,4,9,18H2,1H3,(H,20,22). The zero-order valence-corrected chi connectivity index (χ0v) is 13.7. The molecular weight excluding hydrogens is 323 g/mol. The van der Waals surface area contributed by atoms with Gasteiger partial charge >= 0.3 is 0 Å². The van der Waals surface area contributed by atoms with Crippen LogP contribution in [0.25, 0.3) is 0 Å². The van der Waals surface area contributed by atoms with E-state index in [9.17, 15) is 4.79 Å². The lowest BCUT2D eigenvalue weighted by Crippen LogP contribution is -2.36. The topological polar surface area (TPSA) is 72.9 Å². The first kappa shape index (κ1) is 16.8. The monoisotopic (exact) mass is 340 g/mol. The minimum atomic E-state index is -0.525. The summed E-state index contributed by atoms with van der Waals surface area (Å²) in [6, 6.07) is 6.60. The molecule has 1 unspecified atom stereocenters. The van der Waals surface area contributed by atoms with Crippen LogP contribution in [0.3, 0.4) is 0 Å². The third-order valence-electron chi connectivity index (χ3n) is 3.26. The lowest BCUT2D eigenvalue weighted by molar-refractivity contribution is -0.117. The molecule has 0 aliphatic heterocycles. The van der Waals surface area contributed by atoms with Crippen molar-refractivity contribution in [1.82, 2.24) is 9.78 Å². The Labute approximate surface area is 139 Å². The fraction of sp³-hybridized carbons (Fsp3) is 0.333. The van der Waals surface area contributed by atoms with E-state index in [0.29, 0.717) is 28.8 Å². The average molecular weight is 341 g/mol. The van der Waals surface area contributed by atoms with E-state index >= 15 is 0 Å². The molecule has 1 amide bonds. The van der Waals surface area contributed by atoms with Crippen molar-refractivity contribution in [1.29, 1.82) is 0 Å². The van der Waals surface area contributed by atoms with E-state index in [1.54, 1.807) is 23.0 Å². The van der Waals surface area contributed by atoms with Crippen LogP contribution in [0.1, 0.15) is 25.3 Å². The highest BCUT2D eigenvalue weighted by Gasteiger charge is 2.15. The van der Waals surface area contributed by atoms with E-state index < -0.39 is 6.04 Å². The van der Waals surface area contributed by atoms with Gasteiger partial charge in [0.1, 0.15) is 5.82 Å². The SMILES string of the molecule is CCCC(N)C(=O)Nc1ccnn1Cc1cccc(Cl)c1Cl. The summed E-state index contributed by atoms with van der Waals surface area (Å²) in [5.74, 6) is 0.355. The van der Waals surface area contributed by atoms with Crippen molar-refractivity contribution in [2.75, 3.05) is 5.32 Å². The van der Waals surface area contributed by atoms with Crippen LogP contribution in [0.2, 0.25) is 10.0 Å². The highest BCUT2D eigenvalue weighted by atomic mass is 35.5. The number of carbonyl (C=O) groups excluding carboxylic acids is 1. The zero-order chi connectivity index (χ0) is 16.1. The predicted molar refractivity (Wildman–Crippen MR) is 89.3 cm³/mol. The molecule has 0 spiro atoms. The van der Waals surface area contributed by atoms with Crippen molar-refractivity contribution in [3.8, 4) is 0 Å². The van der Waals surface area contributed by atoms with Gasteiger partial charge in [0.15, 0.2) is 0 Å². The van der Waals surface area contributed by atoms with Crippen molar-refractivity contribution >= 4 is 34.9 Å². The number of aromatic nitrogens is 2. The van der Waals surface area contributed by atoms with Crippen LogP contribution in [0.4, 0.5) is 5.82 Å². The van der Waals surface area contributed by atoms with Gasteiger partial charge in [-0.05, 0) is 18.1 Å². The fourth-order valence-electron chi connectivity index (χ4n) is 2.06.